The maximum absolute atomic E-state index is 4.78. The minimum absolute atomic E-state index is 0.631. The molecule has 0 amide bonds. The molecule has 0 spiro atoms. The minimum atomic E-state index is 0.631. The largest absolute Gasteiger partial charge is 0.326 e. The molecule has 1 N–H and O–H groups in total. The first-order valence-corrected chi connectivity index (χ1v) is 7.25. The summed E-state index contributed by atoms with van der Waals surface area (Å²) < 4.78 is 6.89. The normalized spacial score (nSPS) is 14.9. The van der Waals surface area contributed by atoms with Crippen LogP contribution in [0.2, 0.25) is 0 Å². The average molecular weight is 283 g/mol. The molecule has 0 unspecified atom stereocenters. The molecule has 21 heavy (non-hydrogen) atoms. The van der Waals surface area contributed by atoms with Crippen molar-refractivity contribution in [3.8, 4) is 0 Å². The highest BCUT2D eigenvalue weighted by molar-refractivity contribution is 5.80. The Morgan fingerprint density at radius 2 is 2.29 bits per heavy atom. The second kappa shape index (κ2) is 4.96. The van der Waals surface area contributed by atoms with Crippen molar-refractivity contribution >= 4 is 11.0 Å². The zero-order valence-electron chi connectivity index (χ0n) is 11.9. The standard InChI is InChI=1S/C15H17N5O/c1-10-14(19-21-18-10)9-20-8-11(7-17-12-4-5-12)13-3-2-6-16-15(13)20/h2-3,6,8,12,17H,4-5,7,9H2,1H3. The number of fused-ring (bicyclic) bond motifs is 1. The van der Waals surface area contributed by atoms with Gasteiger partial charge in [-0.05, 0) is 37.5 Å². The van der Waals surface area contributed by atoms with Gasteiger partial charge >= 0.3 is 0 Å². The van der Waals surface area contributed by atoms with E-state index in [1.54, 1.807) is 0 Å². The van der Waals surface area contributed by atoms with Gasteiger partial charge in [-0.25, -0.2) is 9.61 Å². The topological polar surface area (TPSA) is 68.8 Å². The Kier molecular flexibility index (Phi) is 2.96. The molecular weight excluding hydrogens is 266 g/mol. The molecule has 1 aliphatic carbocycles. The van der Waals surface area contributed by atoms with Crippen LogP contribution >= 0.6 is 0 Å². The summed E-state index contributed by atoms with van der Waals surface area (Å²) in [6, 6.07) is 4.80. The maximum Gasteiger partial charge on any atom is 0.140 e. The highest BCUT2D eigenvalue weighted by Crippen LogP contribution is 2.23. The van der Waals surface area contributed by atoms with E-state index in [9.17, 15) is 0 Å². The van der Waals surface area contributed by atoms with E-state index in [1.807, 2.05) is 19.2 Å². The molecule has 1 saturated carbocycles. The summed E-state index contributed by atoms with van der Waals surface area (Å²) in [6.45, 7) is 3.42. The van der Waals surface area contributed by atoms with E-state index in [0.717, 1.165) is 23.6 Å². The van der Waals surface area contributed by atoms with E-state index < -0.39 is 0 Å². The summed E-state index contributed by atoms with van der Waals surface area (Å²) in [5.41, 5.74) is 3.93. The fourth-order valence-electron chi connectivity index (χ4n) is 2.55. The zero-order valence-corrected chi connectivity index (χ0v) is 11.9. The lowest BCUT2D eigenvalue weighted by atomic mass is 10.2. The van der Waals surface area contributed by atoms with Crippen LogP contribution in [-0.2, 0) is 13.1 Å². The fraction of sp³-hybridized carbons (Fsp3) is 0.400. The van der Waals surface area contributed by atoms with Crippen molar-refractivity contribution in [3.63, 3.8) is 0 Å². The van der Waals surface area contributed by atoms with E-state index in [4.69, 9.17) is 4.63 Å². The number of nitrogens with one attached hydrogen (secondary N) is 1. The van der Waals surface area contributed by atoms with Crippen molar-refractivity contribution in [1.82, 2.24) is 25.2 Å². The average Bonchev–Trinajstić information content (AvgIpc) is 3.16. The van der Waals surface area contributed by atoms with E-state index in [-0.39, 0.29) is 0 Å². The molecule has 3 aromatic rings. The van der Waals surface area contributed by atoms with Gasteiger partial charge in [0, 0.05) is 30.4 Å². The molecule has 3 heterocycles. The first-order valence-electron chi connectivity index (χ1n) is 7.25. The van der Waals surface area contributed by atoms with Crippen molar-refractivity contribution < 1.29 is 4.63 Å². The third-order valence-electron chi connectivity index (χ3n) is 3.94. The Hall–Kier alpha value is -2.21. The Balaban J connectivity index is 1.68. The zero-order chi connectivity index (χ0) is 14.2. The van der Waals surface area contributed by atoms with Gasteiger partial charge in [0.2, 0.25) is 0 Å². The lowest BCUT2D eigenvalue weighted by Crippen LogP contribution is -2.14. The van der Waals surface area contributed by atoms with Crippen LogP contribution in [0.15, 0.2) is 29.2 Å². The van der Waals surface area contributed by atoms with Crippen molar-refractivity contribution in [3.05, 3.63) is 41.5 Å². The summed E-state index contributed by atoms with van der Waals surface area (Å²) in [6.07, 6.45) is 6.56. The SMILES string of the molecule is Cc1nonc1Cn1cc(CNC2CC2)c2cccnc21. The van der Waals surface area contributed by atoms with Crippen LogP contribution in [0.3, 0.4) is 0 Å². The monoisotopic (exact) mass is 283 g/mol. The molecule has 0 aromatic carbocycles. The van der Waals surface area contributed by atoms with Gasteiger partial charge in [0.05, 0.1) is 6.54 Å². The minimum Gasteiger partial charge on any atom is -0.326 e. The first-order chi connectivity index (χ1) is 10.3. The molecule has 0 aliphatic heterocycles. The van der Waals surface area contributed by atoms with Crippen LogP contribution in [-0.4, -0.2) is 25.9 Å². The Morgan fingerprint density at radius 3 is 3.05 bits per heavy atom. The molecule has 6 heteroatoms. The molecule has 1 fully saturated rings. The van der Waals surface area contributed by atoms with Crippen molar-refractivity contribution in [1.29, 1.82) is 0 Å². The highest BCUT2D eigenvalue weighted by atomic mass is 16.6. The van der Waals surface area contributed by atoms with Gasteiger partial charge in [-0.15, -0.1) is 0 Å². The van der Waals surface area contributed by atoms with Gasteiger partial charge in [-0.1, -0.05) is 10.3 Å². The first kappa shape index (κ1) is 12.5. The van der Waals surface area contributed by atoms with Crippen LogP contribution in [0.1, 0.15) is 29.8 Å². The molecule has 6 nitrogen and oxygen atoms in total. The number of nitrogens with zero attached hydrogens (tertiary/aromatic N) is 4. The highest BCUT2D eigenvalue weighted by Gasteiger charge is 2.21. The number of rotatable bonds is 5. The quantitative estimate of drug-likeness (QED) is 0.776. The second-order valence-electron chi connectivity index (χ2n) is 5.61. The van der Waals surface area contributed by atoms with E-state index in [0.29, 0.717) is 12.6 Å². The summed E-state index contributed by atoms with van der Waals surface area (Å²) >= 11 is 0. The molecule has 108 valence electrons. The molecule has 0 saturated heterocycles. The third-order valence-corrected chi connectivity index (χ3v) is 3.94. The fourth-order valence-corrected chi connectivity index (χ4v) is 2.55. The molecule has 0 bridgehead atoms. The summed E-state index contributed by atoms with van der Waals surface area (Å²) in [5, 5.41) is 12.6. The number of hydrogen-bond acceptors (Lipinski definition) is 5. The predicted octanol–water partition coefficient (Wildman–Crippen LogP) is 2.03. The summed E-state index contributed by atoms with van der Waals surface area (Å²) in [5.74, 6) is 0. The Labute approximate surface area is 122 Å². The van der Waals surface area contributed by atoms with Gasteiger partial charge in [0.1, 0.15) is 17.0 Å². The maximum atomic E-state index is 4.78. The van der Waals surface area contributed by atoms with Crippen LogP contribution in [0, 0.1) is 6.92 Å². The van der Waals surface area contributed by atoms with E-state index >= 15 is 0 Å². The Bertz CT molecular complexity index is 771. The smallest absolute Gasteiger partial charge is 0.140 e. The van der Waals surface area contributed by atoms with Gasteiger partial charge in [-0.3, -0.25) is 0 Å². The predicted molar refractivity (Wildman–Crippen MR) is 77.7 cm³/mol. The van der Waals surface area contributed by atoms with Gasteiger partial charge in [0.25, 0.3) is 0 Å². The van der Waals surface area contributed by atoms with Crippen LogP contribution < -0.4 is 5.32 Å². The van der Waals surface area contributed by atoms with Crippen molar-refractivity contribution in [2.24, 2.45) is 0 Å². The molecular formula is C15H17N5O. The number of aromatic nitrogens is 4. The van der Waals surface area contributed by atoms with E-state index in [1.165, 1.54) is 23.8 Å². The second-order valence-corrected chi connectivity index (χ2v) is 5.61. The van der Waals surface area contributed by atoms with Gasteiger partial charge in [0.15, 0.2) is 0 Å². The molecule has 3 aromatic heterocycles. The van der Waals surface area contributed by atoms with Crippen molar-refractivity contribution in [2.45, 2.75) is 38.9 Å². The van der Waals surface area contributed by atoms with Crippen molar-refractivity contribution in [2.75, 3.05) is 0 Å². The van der Waals surface area contributed by atoms with Crippen LogP contribution in [0.25, 0.3) is 11.0 Å². The lowest BCUT2D eigenvalue weighted by molar-refractivity contribution is 0.300. The van der Waals surface area contributed by atoms with E-state index in [2.05, 4.69) is 37.4 Å². The third kappa shape index (κ3) is 2.42. The van der Waals surface area contributed by atoms with Gasteiger partial charge in [-0.2, -0.15) is 0 Å². The molecule has 0 atom stereocenters. The lowest BCUT2D eigenvalue weighted by Gasteiger charge is -2.01. The summed E-state index contributed by atoms with van der Waals surface area (Å²) in [7, 11) is 0. The number of pyridine rings is 1. The molecule has 4 rings (SSSR count). The summed E-state index contributed by atoms with van der Waals surface area (Å²) in [4.78, 5) is 4.51. The number of hydrogen-bond donors (Lipinski definition) is 1. The molecule has 0 radical (unpaired) electrons. The Morgan fingerprint density at radius 1 is 1.38 bits per heavy atom. The number of aryl methyl sites for hydroxylation is 1. The molecule has 1 aliphatic rings. The van der Waals surface area contributed by atoms with Crippen LogP contribution in [0.5, 0.6) is 0 Å². The van der Waals surface area contributed by atoms with Crippen LogP contribution in [0.4, 0.5) is 0 Å². The van der Waals surface area contributed by atoms with Gasteiger partial charge < -0.3 is 9.88 Å².